The zero-order chi connectivity index (χ0) is 13.8. The van der Waals surface area contributed by atoms with Crippen LogP contribution in [0.2, 0.25) is 0 Å². The first-order valence-corrected chi connectivity index (χ1v) is 5.65. The SMILES string of the molecule is CN(C(=O)Nc1cccc(F)c1)c1ccc(O)cc1. The third kappa shape index (κ3) is 3.22. The van der Waals surface area contributed by atoms with Crippen LogP contribution in [0.4, 0.5) is 20.6 Å². The van der Waals surface area contributed by atoms with E-state index >= 15 is 0 Å². The minimum absolute atomic E-state index is 0.127. The van der Waals surface area contributed by atoms with Crippen LogP contribution in [0.1, 0.15) is 0 Å². The fourth-order valence-electron chi connectivity index (χ4n) is 1.57. The van der Waals surface area contributed by atoms with Crippen molar-refractivity contribution in [3.8, 4) is 5.75 Å². The molecule has 4 nitrogen and oxygen atoms in total. The van der Waals surface area contributed by atoms with Crippen LogP contribution in [0, 0.1) is 5.82 Å². The van der Waals surface area contributed by atoms with E-state index in [1.54, 1.807) is 25.2 Å². The second-order valence-electron chi connectivity index (χ2n) is 4.02. The molecule has 0 aliphatic rings. The van der Waals surface area contributed by atoms with Crippen LogP contribution in [-0.2, 0) is 0 Å². The maximum atomic E-state index is 13.0. The van der Waals surface area contributed by atoms with Gasteiger partial charge in [0.05, 0.1) is 0 Å². The molecule has 98 valence electrons. The number of phenols is 1. The lowest BCUT2D eigenvalue weighted by Crippen LogP contribution is -2.31. The number of carbonyl (C=O) groups excluding carboxylic acids is 1. The van der Waals surface area contributed by atoms with Crippen LogP contribution in [0.5, 0.6) is 5.75 Å². The van der Waals surface area contributed by atoms with Crippen molar-refractivity contribution in [2.45, 2.75) is 0 Å². The Morgan fingerprint density at radius 2 is 1.89 bits per heavy atom. The van der Waals surface area contributed by atoms with Crippen LogP contribution in [-0.4, -0.2) is 18.2 Å². The zero-order valence-corrected chi connectivity index (χ0v) is 10.3. The number of aromatic hydroxyl groups is 1. The smallest absolute Gasteiger partial charge is 0.326 e. The number of rotatable bonds is 2. The molecule has 0 aromatic heterocycles. The molecule has 5 heteroatoms. The lowest BCUT2D eigenvalue weighted by atomic mass is 10.3. The number of halogens is 1. The van der Waals surface area contributed by atoms with E-state index in [2.05, 4.69) is 5.32 Å². The van der Waals surface area contributed by atoms with E-state index < -0.39 is 11.8 Å². The largest absolute Gasteiger partial charge is 0.508 e. The van der Waals surface area contributed by atoms with Gasteiger partial charge in [-0.15, -0.1) is 0 Å². The number of hydrogen-bond acceptors (Lipinski definition) is 2. The first kappa shape index (κ1) is 12.9. The number of nitrogens with zero attached hydrogens (tertiary/aromatic N) is 1. The quantitative estimate of drug-likeness (QED) is 0.871. The van der Waals surface area contributed by atoms with Crippen LogP contribution >= 0.6 is 0 Å². The van der Waals surface area contributed by atoms with Crippen molar-refractivity contribution in [1.29, 1.82) is 0 Å². The Hall–Kier alpha value is -2.56. The van der Waals surface area contributed by atoms with Crippen molar-refractivity contribution in [3.63, 3.8) is 0 Å². The first-order chi connectivity index (χ1) is 9.06. The van der Waals surface area contributed by atoms with E-state index in [9.17, 15) is 14.3 Å². The third-order valence-electron chi connectivity index (χ3n) is 2.62. The monoisotopic (exact) mass is 260 g/mol. The van der Waals surface area contributed by atoms with Gasteiger partial charge in [-0.05, 0) is 42.5 Å². The molecule has 0 unspecified atom stereocenters. The summed E-state index contributed by atoms with van der Waals surface area (Å²) < 4.78 is 13.0. The first-order valence-electron chi connectivity index (χ1n) is 5.65. The molecule has 0 aliphatic carbocycles. The summed E-state index contributed by atoms with van der Waals surface area (Å²) in [5.74, 6) is -0.284. The number of amides is 2. The summed E-state index contributed by atoms with van der Waals surface area (Å²) in [5, 5.41) is 11.8. The maximum Gasteiger partial charge on any atom is 0.326 e. The molecular weight excluding hydrogens is 247 g/mol. The van der Waals surface area contributed by atoms with E-state index in [4.69, 9.17) is 0 Å². The molecule has 0 fully saturated rings. The normalized spacial score (nSPS) is 10.0. The lowest BCUT2D eigenvalue weighted by molar-refractivity contribution is 0.258. The molecule has 2 N–H and O–H groups in total. The standard InChI is InChI=1S/C14H13FN2O2/c1-17(12-5-7-13(18)8-6-12)14(19)16-11-4-2-3-10(15)9-11/h2-9,18H,1H3,(H,16,19). The van der Waals surface area contributed by atoms with Crippen molar-refractivity contribution in [2.75, 3.05) is 17.3 Å². The summed E-state index contributed by atoms with van der Waals surface area (Å²) in [5.41, 5.74) is 1.00. The third-order valence-corrected chi connectivity index (χ3v) is 2.62. The molecule has 0 aliphatic heterocycles. The average molecular weight is 260 g/mol. The molecule has 2 rings (SSSR count). The second kappa shape index (κ2) is 5.39. The van der Waals surface area contributed by atoms with Crippen LogP contribution < -0.4 is 10.2 Å². The number of phenolic OH excluding ortho intramolecular Hbond substituents is 1. The minimum Gasteiger partial charge on any atom is -0.508 e. The number of benzene rings is 2. The van der Waals surface area contributed by atoms with Gasteiger partial charge >= 0.3 is 6.03 Å². The van der Waals surface area contributed by atoms with Gasteiger partial charge in [-0.3, -0.25) is 4.90 Å². The molecule has 2 aromatic rings. The summed E-state index contributed by atoms with van der Waals surface area (Å²) in [6.07, 6.45) is 0. The van der Waals surface area contributed by atoms with Gasteiger partial charge < -0.3 is 10.4 Å². The van der Waals surface area contributed by atoms with E-state index in [0.29, 0.717) is 11.4 Å². The van der Waals surface area contributed by atoms with Gasteiger partial charge in [-0.25, -0.2) is 9.18 Å². The molecule has 19 heavy (non-hydrogen) atoms. The summed E-state index contributed by atoms with van der Waals surface area (Å²) >= 11 is 0. The lowest BCUT2D eigenvalue weighted by Gasteiger charge is -2.18. The summed E-state index contributed by atoms with van der Waals surface area (Å²) in [6, 6.07) is 11.5. The van der Waals surface area contributed by atoms with Crippen molar-refractivity contribution in [1.82, 2.24) is 0 Å². The molecule has 0 bridgehead atoms. The highest BCUT2D eigenvalue weighted by atomic mass is 19.1. The number of carbonyl (C=O) groups is 1. The van der Waals surface area contributed by atoms with Crippen LogP contribution in [0.25, 0.3) is 0 Å². The molecule has 0 spiro atoms. The Kier molecular flexibility index (Phi) is 3.66. The Bertz CT molecular complexity index is 584. The number of anilines is 2. The molecule has 0 saturated heterocycles. The molecule has 0 atom stereocenters. The summed E-state index contributed by atoms with van der Waals surface area (Å²) in [4.78, 5) is 13.3. The topological polar surface area (TPSA) is 52.6 Å². The van der Waals surface area contributed by atoms with E-state index in [1.807, 2.05) is 0 Å². The van der Waals surface area contributed by atoms with Gasteiger partial charge in [0.2, 0.25) is 0 Å². The van der Waals surface area contributed by atoms with Crippen molar-refractivity contribution >= 4 is 17.4 Å². The van der Waals surface area contributed by atoms with E-state index in [0.717, 1.165) is 0 Å². The minimum atomic E-state index is -0.412. The van der Waals surface area contributed by atoms with Crippen LogP contribution in [0.15, 0.2) is 48.5 Å². The van der Waals surface area contributed by atoms with Gasteiger partial charge in [0.25, 0.3) is 0 Å². The Morgan fingerprint density at radius 1 is 1.21 bits per heavy atom. The Morgan fingerprint density at radius 3 is 2.53 bits per heavy atom. The average Bonchev–Trinajstić information content (AvgIpc) is 2.39. The second-order valence-corrected chi connectivity index (χ2v) is 4.02. The van der Waals surface area contributed by atoms with Gasteiger partial charge in [-0.2, -0.15) is 0 Å². The summed E-state index contributed by atoms with van der Waals surface area (Å²) in [6.45, 7) is 0. The predicted octanol–water partition coefficient (Wildman–Crippen LogP) is 3.20. The van der Waals surface area contributed by atoms with Crippen molar-refractivity contribution in [3.05, 3.63) is 54.3 Å². The van der Waals surface area contributed by atoms with Gasteiger partial charge in [0.1, 0.15) is 11.6 Å². The fourth-order valence-corrected chi connectivity index (χ4v) is 1.57. The van der Waals surface area contributed by atoms with Crippen molar-refractivity contribution < 1.29 is 14.3 Å². The highest BCUT2D eigenvalue weighted by molar-refractivity contribution is 6.01. The van der Waals surface area contributed by atoms with Crippen LogP contribution in [0.3, 0.4) is 0 Å². The molecule has 0 saturated carbocycles. The summed E-state index contributed by atoms with van der Waals surface area (Å²) in [7, 11) is 1.58. The van der Waals surface area contributed by atoms with E-state index in [1.165, 1.54) is 35.2 Å². The van der Waals surface area contributed by atoms with Crippen molar-refractivity contribution in [2.24, 2.45) is 0 Å². The molecule has 2 aromatic carbocycles. The highest BCUT2D eigenvalue weighted by Gasteiger charge is 2.11. The zero-order valence-electron chi connectivity index (χ0n) is 10.3. The molecule has 2 amide bonds. The number of nitrogens with one attached hydrogen (secondary N) is 1. The van der Waals surface area contributed by atoms with Gasteiger partial charge in [0.15, 0.2) is 0 Å². The van der Waals surface area contributed by atoms with Gasteiger partial charge in [0, 0.05) is 18.4 Å². The highest BCUT2D eigenvalue weighted by Crippen LogP contribution is 2.18. The molecule has 0 heterocycles. The van der Waals surface area contributed by atoms with E-state index in [-0.39, 0.29) is 5.75 Å². The number of urea groups is 1. The number of hydrogen-bond donors (Lipinski definition) is 2. The fraction of sp³-hybridized carbons (Fsp3) is 0.0714. The molecule has 0 radical (unpaired) electrons. The maximum absolute atomic E-state index is 13.0. The predicted molar refractivity (Wildman–Crippen MR) is 71.9 cm³/mol. The Labute approximate surface area is 110 Å². The molecular formula is C14H13FN2O2. The Balaban J connectivity index is 2.09. The van der Waals surface area contributed by atoms with Gasteiger partial charge in [-0.1, -0.05) is 6.07 Å².